The SMILES string of the molecule is CCOC(=O)Cc1cccc(B2OC(C(C)C)C(C(C)C)O2)c1. The maximum Gasteiger partial charge on any atom is 0.494 e. The minimum Gasteiger partial charge on any atom is -0.466 e. The smallest absolute Gasteiger partial charge is 0.466 e. The molecule has 1 fully saturated rings. The normalized spacial score (nSPS) is 21.3. The molecule has 0 bridgehead atoms. The van der Waals surface area contributed by atoms with Crippen LogP contribution >= 0.6 is 0 Å². The fraction of sp³-hybridized carbons (Fsp3) is 0.611. The summed E-state index contributed by atoms with van der Waals surface area (Å²) in [6.45, 7) is 10.8. The summed E-state index contributed by atoms with van der Waals surface area (Å²) in [6, 6.07) is 7.82. The summed E-state index contributed by atoms with van der Waals surface area (Å²) in [4.78, 5) is 11.6. The Morgan fingerprint density at radius 3 is 2.30 bits per heavy atom. The van der Waals surface area contributed by atoms with Crippen molar-refractivity contribution in [3.63, 3.8) is 0 Å². The molecule has 2 rings (SSSR count). The zero-order valence-electron chi connectivity index (χ0n) is 14.7. The highest BCUT2D eigenvalue weighted by Gasteiger charge is 2.43. The molecular weight excluding hydrogens is 291 g/mol. The van der Waals surface area contributed by atoms with Crippen molar-refractivity contribution in [1.29, 1.82) is 0 Å². The molecule has 0 N–H and O–H groups in total. The number of hydrogen-bond donors (Lipinski definition) is 0. The van der Waals surface area contributed by atoms with Gasteiger partial charge in [0.2, 0.25) is 0 Å². The highest BCUT2D eigenvalue weighted by molar-refractivity contribution is 6.61. The first-order valence-corrected chi connectivity index (χ1v) is 8.47. The van der Waals surface area contributed by atoms with Crippen molar-refractivity contribution in [2.45, 2.75) is 53.2 Å². The minimum absolute atomic E-state index is 0.0914. The van der Waals surface area contributed by atoms with Gasteiger partial charge in [-0.15, -0.1) is 0 Å². The zero-order valence-corrected chi connectivity index (χ0v) is 14.7. The minimum atomic E-state index is -0.364. The average Bonchev–Trinajstić information content (AvgIpc) is 2.93. The van der Waals surface area contributed by atoms with Crippen molar-refractivity contribution in [3.05, 3.63) is 29.8 Å². The standard InChI is InChI=1S/C18H27BO4/c1-6-21-16(20)11-14-8-7-9-15(10-14)19-22-17(12(2)3)18(23-19)13(4)5/h7-10,12-13,17-18H,6,11H2,1-5H3. The highest BCUT2D eigenvalue weighted by Crippen LogP contribution is 2.28. The van der Waals surface area contributed by atoms with E-state index < -0.39 is 0 Å². The quantitative estimate of drug-likeness (QED) is 0.597. The second kappa shape index (κ2) is 7.98. The summed E-state index contributed by atoms with van der Waals surface area (Å²) in [5.41, 5.74) is 1.88. The van der Waals surface area contributed by atoms with Gasteiger partial charge in [-0.25, -0.2) is 0 Å². The summed E-state index contributed by atoms with van der Waals surface area (Å²) in [6.07, 6.45) is 0.456. The highest BCUT2D eigenvalue weighted by atomic mass is 16.7. The monoisotopic (exact) mass is 318 g/mol. The van der Waals surface area contributed by atoms with Crippen molar-refractivity contribution in [2.75, 3.05) is 6.61 Å². The van der Waals surface area contributed by atoms with Gasteiger partial charge in [-0.1, -0.05) is 52.0 Å². The third-order valence-electron chi connectivity index (χ3n) is 4.08. The Balaban J connectivity index is 2.11. The topological polar surface area (TPSA) is 44.8 Å². The van der Waals surface area contributed by atoms with Gasteiger partial charge >= 0.3 is 13.1 Å². The van der Waals surface area contributed by atoms with Gasteiger partial charge < -0.3 is 14.0 Å². The largest absolute Gasteiger partial charge is 0.494 e. The van der Waals surface area contributed by atoms with E-state index >= 15 is 0 Å². The Morgan fingerprint density at radius 2 is 1.78 bits per heavy atom. The van der Waals surface area contributed by atoms with Crippen LogP contribution in [0.4, 0.5) is 0 Å². The van der Waals surface area contributed by atoms with Gasteiger partial charge in [-0.2, -0.15) is 0 Å². The van der Waals surface area contributed by atoms with Gasteiger partial charge in [0.1, 0.15) is 0 Å². The van der Waals surface area contributed by atoms with E-state index in [1.54, 1.807) is 0 Å². The molecule has 0 amide bonds. The molecule has 0 aliphatic carbocycles. The lowest BCUT2D eigenvalue weighted by Gasteiger charge is -2.24. The van der Waals surface area contributed by atoms with Crippen molar-refractivity contribution in [3.8, 4) is 0 Å². The molecule has 0 spiro atoms. The van der Waals surface area contributed by atoms with Crippen LogP contribution in [0, 0.1) is 11.8 Å². The van der Waals surface area contributed by atoms with Crippen LogP contribution in [-0.2, 0) is 25.3 Å². The van der Waals surface area contributed by atoms with Crippen LogP contribution in [0.3, 0.4) is 0 Å². The summed E-state index contributed by atoms with van der Waals surface area (Å²) in [5, 5.41) is 0. The van der Waals surface area contributed by atoms with Crippen molar-refractivity contribution < 1.29 is 18.8 Å². The van der Waals surface area contributed by atoms with Gasteiger partial charge in [0.15, 0.2) is 0 Å². The maximum atomic E-state index is 11.6. The molecular formula is C18H27BO4. The second-order valence-electron chi connectivity index (χ2n) is 6.75. The number of carbonyl (C=O) groups is 1. The third kappa shape index (κ3) is 4.58. The predicted octanol–water partition coefficient (Wildman–Crippen LogP) is 2.58. The molecule has 5 heteroatoms. The van der Waals surface area contributed by atoms with E-state index in [1.807, 2.05) is 31.2 Å². The number of hydrogen-bond acceptors (Lipinski definition) is 4. The van der Waals surface area contributed by atoms with E-state index in [0.717, 1.165) is 11.0 Å². The van der Waals surface area contributed by atoms with Gasteiger partial charge in [0.05, 0.1) is 25.2 Å². The van der Waals surface area contributed by atoms with E-state index in [1.165, 1.54) is 0 Å². The molecule has 0 aromatic heterocycles. The lowest BCUT2D eigenvalue weighted by Crippen LogP contribution is -2.33. The first kappa shape index (κ1) is 18.0. The van der Waals surface area contributed by atoms with Crippen molar-refractivity contribution >= 4 is 18.6 Å². The fourth-order valence-corrected chi connectivity index (χ4v) is 2.93. The van der Waals surface area contributed by atoms with Crippen LogP contribution in [0.5, 0.6) is 0 Å². The molecule has 126 valence electrons. The Hall–Kier alpha value is -1.33. The van der Waals surface area contributed by atoms with Crippen LogP contribution in [0.15, 0.2) is 24.3 Å². The molecule has 23 heavy (non-hydrogen) atoms. The Kier molecular flexibility index (Phi) is 6.25. The van der Waals surface area contributed by atoms with Crippen LogP contribution in [0.2, 0.25) is 0 Å². The maximum absolute atomic E-state index is 11.6. The molecule has 2 unspecified atom stereocenters. The lowest BCUT2D eigenvalue weighted by atomic mass is 9.78. The van der Waals surface area contributed by atoms with Crippen LogP contribution in [0.1, 0.15) is 40.2 Å². The summed E-state index contributed by atoms with van der Waals surface area (Å²) < 4.78 is 17.3. The fourth-order valence-electron chi connectivity index (χ4n) is 2.93. The predicted molar refractivity (Wildman–Crippen MR) is 91.6 cm³/mol. The lowest BCUT2D eigenvalue weighted by molar-refractivity contribution is -0.142. The molecule has 4 nitrogen and oxygen atoms in total. The van der Waals surface area contributed by atoms with Gasteiger partial charge in [0, 0.05) is 0 Å². The number of benzene rings is 1. The average molecular weight is 318 g/mol. The number of rotatable bonds is 6. The van der Waals surface area contributed by atoms with E-state index in [0.29, 0.717) is 18.4 Å². The second-order valence-corrected chi connectivity index (χ2v) is 6.75. The number of esters is 1. The Bertz CT molecular complexity index is 514. The molecule has 1 heterocycles. The van der Waals surface area contributed by atoms with Crippen LogP contribution < -0.4 is 5.46 Å². The molecule has 1 aromatic carbocycles. The molecule has 1 aliphatic rings. The van der Waals surface area contributed by atoms with Crippen LogP contribution in [0.25, 0.3) is 0 Å². The number of ether oxygens (including phenoxy) is 1. The zero-order chi connectivity index (χ0) is 17.0. The van der Waals surface area contributed by atoms with E-state index in [4.69, 9.17) is 14.0 Å². The van der Waals surface area contributed by atoms with E-state index in [2.05, 4.69) is 27.7 Å². The Labute approximate surface area is 139 Å². The van der Waals surface area contributed by atoms with Crippen LogP contribution in [-0.4, -0.2) is 31.9 Å². The first-order valence-electron chi connectivity index (χ1n) is 8.47. The third-order valence-corrected chi connectivity index (χ3v) is 4.08. The van der Waals surface area contributed by atoms with E-state index in [-0.39, 0.29) is 31.7 Å². The van der Waals surface area contributed by atoms with Gasteiger partial charge in [-0.3, -0.25) is 4.79 Å². The van der Waals surface area contributed by atoms with Crippen molar-refractivity contribution in [1.82, 2.24) is 0 Å². The van der Waals surface area contributed by atoms with Gasteiger partial charge in [0.25, 0.3) is 0 Å². The van der Waals surface area contributed by atoms with Gasteiger partial charge in [-0.05, 0) is 29.8 Å². The van der Waals surface area contributed by atoms with E-state index in [9.17, 15) is 4.79 Å². The summed E-state index contributed by atoms with van der Waals surface area (Å²) >= 11 is 0. The molecule has 0 radical (unpaired) electrons. The summed E-state index contributed by atoms with van der Waals surface area (Å²) in [7, 11) is -0.364. The molecule has 2 atom stereocenters. The van der Waals surface area contributed by atoms with Crippen molar-refractivity contribution in [2.24, 2.45) is 11.8 Å². The Morgan fingerprint density at radius 1 is 1.17 bits per heavy atom. The first-order chi connectivity index (χ1) is 10.9. The molecule has 1 saturated heterocycles. The summed E-state index contributed by atoms with van der Waals surface area (Å²) in [5.74, 6) is 0.586. The molecule has 1 aromatic rings. The molecule has 0 saturated carbocycles. The molecule has 1 aliphatic heterocycles. The number of carbonyl (C=O) groups excluding carboxylic acids is 1.